The third kappa shape index (κ3) is 7.29. The summed E-state index contributed by atoms with van der Waals surface area (Å²) in [5.74, 6) is -1.90. The molecule has 0 fully saturated rings. The number of halogens is 3. The van der Waals surface area contributed by atoms with Gasteiger partial charge in [0.2, 0.25) is 0 Å². The summed E-state index contributed by atoms with van der Waals surface area (Å²) in [6, 6.07) is 8.55. The van der Waals surface area contributed by atoms with Crippen LogP contribution in [0, 0.1) is 0 Å². The number of rotatable bonds is 10. The van der Waals surface area contributed by atoms with E-state index in [4.69, 9.17) is 9.47 Å². The summed E-state index contributed by atoms with van der Waals surface area (Å²) in [7, 11) is 0. The molecule has 0 spiro atoms. The van der Waals surface area contributed by atoms with E-state index in [1.54, 1.807) is 26.1 Å². The van der Waals surface area contributed by atoms with E-state index in [2.05, 4.69) is 15.6 Å². The van der Waals surface area contributed by atoms with Crippen LogP contribution in [0.4, 0.5) is 24.5 Å². The molecule has 0 radical (unpaired) electrons. The minimum Gasteiger partial charge on any atom is -0.462 e. The molecule has 0 aliphatic rings. The molecule has 0 saturated carbocycles. The number of nitrogens with one attached hydrogen (secondary N) is 2. The first-order valence-electron chi connectivity index (χ1n) is 9.92. The van der Waals surface area contributed by atoms with Gasteiger partial charge in [-0.1, -0.05) is 6.07 Å². The Morgan fingerprint density at radius 2 is 1.72 bits per heavy atom. The quantitative estimate of drug-likeness (QED) is 0.242. The van der Waals surface area contributed by atoms with Crippen LogP contribution in [0.1, 0.15) is 25.1 Å². The first kappa shape index (κ1) is 24.7. The average molecular weight is 451 g/mol. The number of carbonyl (C=O) groups is 2. The lowest BCUT2D eigenvalue weighted by Crippen LogP contribution is -2.19. The van der Waals surface area contributed by atoms with Crippen molar-refractivity contribution in [3.05, 3.63) is 65.6 Å². The van der Waals surface area contributed by atoms with Crippen molar-refractivity contribution in [3.63, 3.8) is 0 Å². The van der Waals surface area contributed by atoms with Crippen LogP contribution in [0.15, 0.2) is 54.4 Å². The van der Waals surface area contributed by atoms with Gasteiger partial charge in [-0.15, -0.1) is 0 Å². The lowest BCUT2D eigenvalue weighted by molar-refractivity contribution is -0.146. The Morgan fingerprint density at radius 3 is 2.28 bits per heavy atom. The van der Waals surface area contributed by atoms with Crippen molar-refractivity contribution in [2.75, 3.05) is 30.4 Å². The zero-order valence-corrected chi connectivity index (χ0v) is 17.7. The topological polar surface area (TPSA) is 89.5 Å². The summed E-state index contributed by atoms with van der Waals surface area (Å²) >= 11 is 0. The van der Waals surface area contributed by atoms with E-state index in [9.17, 15) is 22.8 Å². The third-order valence-electron chi connectivity index (χ3n) is 4.13. The van der Waals surface area contributed by atoms with Gasteiger partial charge in [0.05, 0.1) is 30.2 Å². The summed E-state index contributed by atoms with van der Waals surface area (Å²) in [6.07, 6.45) is -1.40. The van der Waals surface area contributed by atoms with E-state index < -0.39 is 29.3 Å². The average Bonchev–Trinajstić information content (AvgIpc) is 2.75. The maximum Gasteiger partial charge on any atom is 0.416 e. The number of pyridine rings is 1. The minimum absolute atomic E-state index is 0.0134. The van der Waals surface area contributed by atoms with Crippen LogP contribution in [0.3, 0.4) is 0 Å². The summed E-state index contributed by atoms with van der Waals surface area (Å²) in [5, 5.41) is 5.65. The van der Waals surface area contributed by atoms with Crippen LogP contribution < -0.4 is 10.6 Å². The normalized spacial score (nSPS) is 10.8. The van der Waals surface area contributed by atoms with Crippen LogP contribution in [-0.4, -0.2) is 36.7 Å². The van der Waals surface area contributed by atoms with Gasteiger partial charge < -0.3 is 20.1 Å². The summed E-state index contributed by atoms with van der Waals surface area (Å²) < 4.78 is 49.3. The number of nitrogens with zero attached hydrogens (tertiary/aromatic N) is 1. The number of aromatic nitrogens is 1. The van der Waals surface area contributed by atoms with Crippen LogP contribution >= 0.6 is 0 Å². The molecule has 0 atom stereocenters. The third-order valence-corrected chi connectivity index (χ3v) is 4.13. The van der Waals surface area contributed by atoms with Gasteiger partial charge in [-0.05, 0) is 44.2 Å². The monoisotopic (exact) mass is 451 g/mol. The van der Waals surface area contributed by atoms with Crippen molar-refractivity contribution in [2.45, 2.75) is 26.4 Å². The molecule has 32 heavy (non-hydrogen) atoms. The highest BCUT2D eigenvalue weighted by molar-refractivity contribution is 6.14. The first-order chi connectivity index (χ1) is 15.3. The molecular weight excluding hydrogens is 427 g/mol. The zero-order valence-electron chi connectivity index (χ0n) is 17.7. The van der Waals surface area contributed by atoms with E-state index >= 15 is 0 Å². The van der Waals surface area contributed by atoms with Gasteiger partial charge in [0.25, 0.3) is 0 Å². The fourth-order valence-corrected chi connectivity index (χ4v) is 2.63. The predicted molar refractivity (Wildman–Crippen MR) is 113 cm³/mol. The molecule has 2 rings (SSSR count). The molecule has 1 aromatic carbocycles. The summed E-state index contributed by atoms with van der Waals surface area (Å²) in [4.78, 5) is 28.4. The molecule has 0 bridgehead atoms. The summed E-state index contributed by atoms with van der Waals surface area (Å²) in [6.45, 7) is 3.54. The maximum absolute atomic E-state index is 13.2. The largest absolute Gasteiger partial charge is 0.462 e. The fraction of sp³-hybridized carbons (Fsp3) is 0.318. The fourth-order valence-electron chi connectivity index (χ4n) is 2.63. The van der Waals surface area contributed by atoms with E-state index in [0.717, 1.165) is 24.0 Å². The Labute approximate surface area is 183 Å². The van der Waals surface area contributed by atoms with Crippen LogP contribution in [-0.2, 0) is 31.7 Å². The number of hydrogen-bond acceptors (Lipinski definition) is 7. The van der Waals surface area contributed by atoms with E-state index in [1.807, 2.05) is 12.1 Å². The molecule has 7 nitrogen and oxygen atoms in total. The molecule has 0 unspecified atom stereocenters. The van der Waals surface area contributed by atoms with Crippen LogP contribution in [0.25, 0.3) is 0 Å². The van der Waals surface area contributed by atoms with Gasteiger partial charge in [-0.25, -0.2) is 9.59 Å². The molecule has 1 heterocycles. The number of carbonyl (C=O) groups excluding carboxylic acids is 2. The molecule has 10 heteroatoms. The van der Waals surface area contributed by atoms with E-state index in [-0.39, 0.29) is 18.9 Å². The van der Waals surface area contributed by atoms with Crippen molar-refractivity contribution in [1.29, 1.82) is 0 Å². The summed E-state index contributed by atoms with van der Waals surface area (Å²) in [5.41, 5.74) is -0.180. The molecule has 0 saturated heterocycles. The molecule has 2 aromatic rings. The SMILES string of the molecule is CCOC(=O)C(=CNc1cc(C(F)(F)F)ccc1NCCc1ccccn1)C(=O)OCC. The molecule has 0 aliphatic heterocycles. The molecule has 2 N–H and O–H groups in total. The Morgan fingerprint density at radius 1 is 1.03 bits per heavy atom. The highest BCUT2D eigenvalue weighted by Crippen LogP contribution is 2.34. The van der Waals surface area contributed by atoms with E-state index in [1.165, 1.54) is 6.07 Å². The minimum atomic E-state index is -4.57. The van der Waals surface area contributed by atoms with Gasteiger partial charge in [-0.2, -0.15) is 13.2 Å². The Balaban J connectivity index is 2.29. The lowest BCUT2D eigenvalue weighted by atomic mass is 10.1. The van der Waals surface area contributed by atoms with Crippen molar-refractivity contribution in [1.82, 2.24) is 4.98 Å². The number of anilines is 2. The Bertz CT molecular complexity index is 927. The van der Waals surface area contributed by atoms with Crippen molar-refractivity contribution in [3.8, 4) is 0 Å². The van der Waals surface area contributed by atoms with Gasteiger partial charge in [0.15, 0.2) is 5.57 Å². The molecule has 0 amide bonds. The van der Waals surface area contributed by atoms with Crippen LogP contribution in [0.5, 0.6) is 0 Å². The second kappa shape index (κ2) is 11.7. The van der Waals surface area contributed by atoms with Gasteiger partial charge in [0, 0.05) is 31.1 Å². The molecule has 1 aromatic heterocycles. The van der Waals surface area contributed by atoms with Crippen molar-refractivity contribution in [2.24, 2.45) is 0 Å². The standard InChI is InChI=1S/C22H24F3N3O4/c1-3-31-20(29)17(21(30)32-4-2)14-28-19-13-15(22(23,24)25)8-9-18(19)27-12-10-16-7-5-6-11-26-16/h5-9,11,13-14,27-28H,3-4,10,12H2,1-2H3. The van der Waals surface area contributed by atoms with Crippen molar-refractivity contribution >= 4 is 23.3 Å². The maximum atomic E-state index is 13.2. The lowest BCUT2D eigenvalue weighted by Gasteiger charge is -2.16. The number of hydrogen-bond donors (Lipinski definition) is 2. The molecule has 172 valence electrons. The highest BCUT2D eigenvalue weighted by atomic mass is 19.4. The molecule has 0 aliphatic carbocycles. The second-order valence-electron chi connectivity index (χ2n) is 6.40. The second-order valence-corrected chi connectivity index (χ2v) is 6.40. The van der Waals surface area contributed by atoms with Gasteiger partial charge in [-0.3, -0.25) is 4.98 Å². The van der Waals surface area contributed by atoms with Gasteiger partial charge >= 0.3 is 18.1 Å². The number of alkyl halides is 3. The zero-order chi connectivity index (χ0) is 23.6. The molecular formula is C22H24F3N3O4. The van der Waals surface area contributed by atoms with Gasteiger partial charge in [0.1, 0.15) is 0 Å². The number of benzene rings is 1. The number of esters is 2. The van der Waals surface area contributed by atoms with Crippen molar-refractivity contribution < 1.29 is 32.2 Å². The number of ether oxygens (including phenoxy) is 2. The smallest absolute Gasteiger partial charge is 0.416 e. The Hall–Kier alpha value is -3.56. The Kier molecular flexibility index (Phi) is 9.06. The highest BCUT2D eigenvalue weighted by Gasteiger charge is 2.31. The van der Waals surface area contributed by atoms with E-state index in [0.29, 0.717) is 18.7 Å². The van der Waals surface area contributed by atoms with Crippen LogP contribution in [0.2, 0.25) is 0 Å². The predicted octanol–water partition coefficient (Wildman–Crippen LogP) is 4.18. The first-order valence-corrected chi connectivity index (χ1v) is 9.92.